The molecule has 0 N–H and O–H groups in total. The number of amides is 1. The highest BCUT2D eigenvalue weighted by atomic mass is 16.2. The number of carbonyl (C=O) groups excluding carboxylic acids is 1. The largest absolute Gasteiger partial charge is 0.342 e. The molecular weight excluding hydrogens is 270 g/mol. The SMILES string of the molecule is CC(=O)N(C)C/C=C/C=C/CCCCCCc1ccccc1. The molecule has 0 aliphatic carbocycles. The Morgan fingerprint density at radius 3 is 2.41 bits per heavy atom. The first-order valence-corrected chi connectivity index (χ1v) is 8.27. The second-order valence-corrected chi connectivity index (χ2v) is 5.69. The Kier molecular flexibility index (Phi) is 9.76. The number of carbonyl (C=O) groups is 1. The van der Waals surface area contributed by atoms with Gasteiger partial charge in [0.1, 0.15) is 0 Å². The predicted molar refractivity (Wildman–Crippen MR) is 94.8 cm³/mol. The summed E-state index contributed by atoms with van der Waals surface area (Å²) in [6.45, 7) is 2.26. The molecule has 2 heteroatoms. The maximum Gasteiger partial charge on any atom is 0.219 e. The number of aryl methyl sites for hydroxylation is 1. The van der Waals surface area contributed by atoms with E-state index in [9.17, 15) is 4.79 Å². The highest BCUT2D eigenvalue weighted by Crippen LogP contribution is 2.09. The van der Waals surface area contributed by atoms with Crippen molar-refractivity contribution < 1.29 is 4.79 Å². The minimum atomic E-state index is 0.101. The lowest BCUT2D eigenvalue weighted by atomic mass is 10.1. The second-order valence-electron chi connectivity index (χ2n) is 5.69. The van der Waals surface area contributed by atoms with Crippen molar-refractivity contribution in [2.75, 3.05) is 13.6 Å². The molecule has 0 aliphatic rings. The smallest absolute Gasteiger partial charge is 0.219 e. The van der Waals surface area contributed by atoms with Crippen molar-refractivity contribution >= 4 is 5.91 Å². The summed E-state index contributed by atoms with van der Waals surface area (Å²) in [5, 5.41) is 0. The standard InChI is InChI=1S/C20H29NO/c1-19(22)21(2)18-14-9-7-5-3-4-6-8-11-15-20-16-12-10-13-17-20/h5,7,9-10,12-14,16-17H,3-4,6,8,11,15,18H2,1-2H3/b7-5+,14-9+. The summed E-state index contributed by atoms with van der Waals surface area (Å²) >= 11 is 0. The van der Waals surface area contributed by atoms with Gasteiger partial charge in [0.2, 0.25) is 5.91 Å². The molecule has 120 valence electrons. The highest BCUT2D eigenvalue weighted by molar-refractivity contribution is 5.72. The Balaban J connectivity index is 1.95. The molecule has 0 atom stereocenters. The van der Waals surface area contributed by atoms with E-state index >= 15 is 0 Å². The van der Waals surface area contributed by atoms with Crippen LogP contribution >= 0.6 is 0 Å². The van der Waals surface area contributed by atoms with Crippen LogP contribution in [0.15, 0.2) is 54.6 Å². The van der Waals surface area contributed by atoms with E-state index in [0.29, 0.717) is 6.54 Å². The van der Waals surface area contributed by atoms with Crippen LogP contribution in [-0.2, 0) is 11.2 Å². The highest BCUT2D eigenvalue weighted by Gasteiger charge is 1.96. The Bertz CT molecular complexity index is 462. The first kappa shape index (κ1) is 18.2. The van der Waals surface area contributed by atoms with Crippen molar-refractivity contribution in [2.24, 2.45) is 0 Å². The van der Waals surface area contributed by atoms with Gasteiger partial charge in [0.15, 0.2) is 0 Å². The number of benzene rings is 1. The van der Waals surface area contributed by atoms with E-state index in [1.54, 1.807) is 11.8 Å². The first-order valence-electron chi connectivity index (χ1n) is 8.27. The number of hydrogen-bond acceptors (Lipinski definition) is 1. The number of likely N-dealkylation sites (N-methyl/N-ethyl adjacent to an activating group) is 1. The van der Waals surface area contributed by atoms with Crippen LogP contribution in [0.2, 0.25) is 0 Å². The summed E-state index contributed by atoms with van der Waals surface area (Å²) in [4.78, 5) is 12.7. The minimum Gasteiger partial charge on any atom is -0.342 e. The predicted octanol–water partition coefficient (Wildman–Crippen LogP) is 4.77. The maximum atomic E-state index is 11.0. The molecule has 1 aromatic rings. The summed E-state index contributed by atoms with van der Waals surface area (Å²) in [7, 11) is 1.81. The van der Waals surface area contributed by atoms with Crippen LogP contribution in [-0.4, -0.2) is 24.4 Å². The number of allylic oxidation sites excluding steroid dienone is 3. The van der Waals surface area contributed by atoms with E-state index in [0.717, 1.165) is 6.42 Å². The number of nitrogens with zero attached hydrogens (tertiary/aromatic N) is 1. The van der Waals surface area contributed by atoms with Gasteiger partial charge in [-0.3, -0.25) is 4.79 Å². The minimum absolute atomic E-state index is 0.101. The molecule has 0 unspecified atom stereocenters. The van der Waals surface area contributed by atoms with Gasteiger partial charge in [-0.05, 0) is 31.2 Å². The Morgan fingerprint density at radius 1 is 1.00 bits per heavy atom. The van der Waals surface area contributed by atoms with Crippen molar-refractivity contribution in [1.29, 1.82) is 0 Å². The summed E-state index contributed by atoms with van der Waals surface area (Å²) in [5.41, 5.74) is 1.45. The molecule has 0 heterocycles. The summed E-state index contributed by atoms with van der Waals surface area (Å²) in [6, 6.07) is 10.7. The number of hydrogen-bond donors (Lipinski definition) is 0. The van der Waals surface area contributed by atoms with Gasteiger partial charge in [-0.25, -0.2) is 0 Å². The van der Waals surface area contributed by atoms with Gasteiger partial charge in [0, 0.05) is 20.5 Å². The van der Waals surface area contributed by atoms with Crippen LogP contribution in [0.3, 0.4) is 0 Å². The Labute approximate surface area is 135 Å². The van der Waals surface area contributed by atoms with Crippen molar-refractivity contribution in [3.63, 3.8) is 0 Å². The Hall–Kier alpha value is -1.83. The molecule has 0 fully saturated rings. The average molecular weight is 299 g/mol. The van der Waals surface area contributed by atoms with Crippen molar-refractivity contribution in [3.8, 4) is 0 Å². The molecule has 1 rings (SSSR count). The molecular formula is C20H29NO. The van der Waals surface area contributed by atoms with E-state index in [1.807, 2.05) is 19.2 Å². The van der Waals surface area contributed by atoms with Crippen LogP contribution in [0.5, 0.6) is 0 Å². The van der Waals surface area contributed by atoms with Gasteiger partial charge < -0.3 is 4.90 Å². The van der Waals surface area contributed by atoms with Gasteiger partial charge in [-0.15, -0.1) is 0 Å². The fraction of sp³-hybridized carbons (Fsp3) is 0.450. The van der Waals surface area contributed by atoms with Crippen molar-refractivity contribution in [3.05, 3.63) is 60.2 Å². The average Bonchev–Trinajstić information content (AvgIpc) is 2.53. The molecule has 1 amide bonds. The second kappa shape index (κ2) is 11.8. The maximum absolute atomic E-state index is 11.0. The molecule has 0 bridgehead atoms. The molecule has 0 aliphatic heterocycles. The first-order chi connectivity index (χ1) is 10.7. The molecule has 0 saturated heterocycles. The summed E-state index contributed by atoms with van der Waals surface area (Å²) in [6.07, 6.45) is 15.8. The van der Waals surface area contributed by atoms with Gasteiger partial charge in [0.25, 0.3) is 0 Å². The number of rotatable bonds is 10. The van der Waals surface area contributed by atoms with Gasteiger partial charge in [-0.2, -0.15) is 0 Å². The summed E-state index contributed by atoms with van der Waals surface area (Å²) in [5.74, 6) is 0.101. The monoisotopic (exact) mass is 299 g/mol. The summed E-state index contributed by atoms with van der Waals surface area (Å²) < 4.78 is 0. The van der Waals surface area contributed by atoms with Crippen LogP contribution in [0.4, 0.5) is 0 Å². The lowest BCUT2D eigenvalue weighted by Crippen LogP contribution is -2.23. The third-order valence-corrected chi connectivity index (χ3v) is 3.73. The molecule has 0 radical (unpaired) electrons. The number of unbranched alkanes of at least 4 members (excludes halogenated alkanes) is 4. The Morgan fingerprint density at radius 2 is 1.68 bits per heavy atom. The van der Waals surface area contributed by atoms with E-state index in [-0.39, 0.29) is 5.91 Å². The normalized spacial score (nSPS) is 11.4. The quantitative estimate of drug-likeness (QED) is 0.450. The zero-order valence-electron chi connectivity index (χ0n) is 14.0. The zero-order valence-corrected chi connectivity index (χ0v) is 14.0. The van der Waals surface area contributed by atoms with Gasteiger partial charge >= 0.3 is 0 Å². The van der Waals surface area contributed by atoms with Crippen LogP contribution < -0.4 is 0 Å². The third-order valence-electron chi connectivity index (χ3n) is 3.73. The van der Waals surface area contributed by atoms with E-state index in [1.165, 1.54) is 37.7 Å². The molecule has 0 saturated carbocycles. The van der Waals surface area contributed by atoms with E-state index in [4.69, 9.17) is 0 Å². The van der Waals surface area contributed by atoms with Crippen molar-refractivity contribution in [2.45, 2.75) is 45.4 Å². The van der Waals surface area contributed by atoms with E-state index in [2.05, 4.69) is 42.5 Å². The van der Waals surface area contributed by atoms with Crippen LogP contribution in [0.25, 0.3) is 0 Å². The molecule has 0 aromatic heterocycles. The van der Waals surface area contributed by atoms with E-state index < -0.39 is 0 Å². The molecule has 22 heavy (non-hydrogen) atoms. The molecule has 2 nitrogen and oxygen atoms in total. The third kappa shape index (κ3) is 9.17. The van der Waals surface area contributed by atoms with Gasteiger partial charge in [-0.1, -0.05) is 67.5 Å². The fourth-order valence-electron chi connectivity index (χ4n) is 2.19. The lowest BCUT2D eigenvalue weighted by Gasteiger charge is -2.10. The lowest BCUT2D eigenvalue weighted by molar-refractivity contribution is -0.127. The molecule has 1 aromatic carbocycles. The van der Waals surface area contributed by atoms with Crippen molar-refractivity contribution in [1.82, 2.24) is 4.90 Å². The van der Waals surface area contributed by atoms with Gasteiger partial charge in [0.05, 0.1) is 0 Å². The molecule has 0 spiro atoms. The fourth-order valence-corrected chi connectivity index (χ4v) is 2.19. The van der Waals surface area contributed by atoms with Crippen LogP contribution in [0, 0.1) is 0 Å². The topological polar surface area (TPSA) is 20.3 Å². The van der Waals surface area contributed by atoms with Crippen LogP contribution in [0.1, 0.15) is 44.6 Å². The zero-order chi connectivity index (χ0) is 16.0.